The van der Waals surface area contributed by atoms with Crippen LogP contribution in [0, 0.1) is 17.8 Å². The minimum atomic E-state index is 0.293. The molecule has 3 heteroatoms. The van der Waals surface area contributed by atoms with Crippen molar-refractivity contribution in [1.29, 1.82) is 0 Å². The molecule has 26 heavy (non-hydrogen) atoms. The molecule has 2 fully saturated rings. The largest absolute Gasteiger partial charge is 0.474 e. The Morgan fingerprint density at radius 1 is 1.04 bits per heavy atom. The van der Waals surface area contributed by atoms with Gasteiger partial charge in [0.2, 0.25) is 5.90 Å². The highest BCUT2D eigenvalue weighted by Crippen LogP contribution is 2.46. The minimum Gasteiger partial charge on any atom is -0.474 e. The predicted octanol–water partition coefficient (Wildman–Crippen LogP) is 5.74. The van der Waals surface area contributed by atoms with Gasteiger partial charge in [0.25, 0.3) is 0 Å². The van der Waals surface area contributed by atoms with Crippen LogP contribution < -0.4 is 0 Å². The van der Waals surface area contributed by atoms with E-state index in [2.05, 4.69) is 32.0 Å². The van der Waals surface area contributed by atoms with Gasteiger partial charge in [0.1, 0.15) is 12.3 Å². The number of nitrogens with zero attached hydrogens (tertiary/aromatic N) is 2. The molecular formula is C23H34N2O. The molecule has 2 heterocycles. The summed E-state index contributed by atoms with van der Waals surface area (Å²) in [6.07, 6.45) is 12.3. The van der Waals surface area contributed by atoms with Gasteiger partial charge in [-0.2, -0.15) is 0 Å². The van der Waals surface area contributed by atoms with Crippen molar-refractivity contribution in [3.8, 4) is 0 Å². The lowest BCUT2D eigenvalue weighted by molar-refractivity contribution is 0.281. The van der Waals surface area contributed by atoms with Crippen LogP contribution in [0.5, 0.6) is 0 Å². The zero-order valence-corrected chi connectivity index (χ0v) is 16.5. The maximum Gasteiger partial charge on any atom is 0.235 e. The standard InChI is InChI=1S/C23H34N2O/c1-3-16(2)21-15-26-23(25-21)20-14-8-13-19(24-20)22(17-9-4-5-10-17)18-11-6-7-12-18/h8,13-14,16-18,21-22H,3-7,9-12,15H2,1-2H3. The Bertz CT molecular complexity index is 613. The maximum absolute atomic E-state index is 5.95. The van der Waals surface area contributed by atoms with Crippen molar-refractivity contribution in [3.05, 3.63) is 29.6 Å². The van der Waals surface area contributed by atoms with Crippen LogP contribution in [0.3, 0.4) is 0 Å². The molecule has 1 aromatic heterocycles. The number of aliphatic imine (C=N–C) groups is 1. The van der Waals surface area contributed by atoms with E-state index in [4.69, 9.17) is 14.7 Å². The van der Waals surface area contributed by atoms with Gasteiger partial charge < -0.3 is 4.74 Å². The van der Waals surface area contributed by atoms with Crippen LogP contribution >= 0.6 is 0 Å². The highest BCUT2D eigenvalue weighted by Gasteiger charge is 2.35. The van der Waals surface area contributed by atoms with Crippen molar-refractivity contribution in [3.63, 3.8) is 0 Å². The van der Waals surface area contributed by atoms with Crippen LogP contribution in [-0.2, 0) is 4.74 Å². The number of pyridine rings is 1. The molecule has 2 atom stereocenters. The summed E-state index contributed by atoms with van der Waals surface area (Å²) >= 11 is 0. The van der Waals surface area contributed by atoms with Gasteiger partial charge in [-0.1, -0.05) is 52.0 Å². The van der Waals surface area contributed by atoms with Crippen molar-refractivity contribution in [2.45, 2.75) is 83.6 Å². The minimum absolute atomic E-state index is 0.293. The topological polar surface area (TPSA) is 34.5 Å². The quantitative estimate of drug-likeness (QED) is 0.653. The second kappa shape index (κ2) is 8.10. The first-order valence-electron chi connectivity index (χ1n) is 10.9. The summed E-state index contributed by atoms with van der Waals surface area (Å²) < 4.78 is 5.95. The number of aromatic nitrogens is 1. The van der Waals surface area contributed by atoms with Gasteiger partial charge in [-0.3, -0.25) is 0 Å². The molecule has 0 saturated heterocycles. The number of ether oxygens (including phenoxy) is 1. The van der Waals surface area contributed by atoms with Gasteiger partial charge in [0.15, 0.2) is 0 Å². The van der Waals surface area contributed by atoms with E-state index in [0.717, 1.165) is 29.8 Å². The van der Waals surface area contributed by atoms with Crippen molar-refractivity contribution in [1.82, 2.24) is 4.98 Å². The summed E-state index contributed by atoms with van der Waals surface area (Å²) in [5.41, 5.74) is 2.26. The van der Waals surface area contributed by atoms with Crippen LogP contribution in [0.25, 0.3) is 0 Å². The fraction of sp³-hybridized carbons (Fsp3) is 0.739. The molecule has 2 saturated carbocycles. The van der Waals surface area contributed by atoms with Gasteiger partial charge in [-0.15, -0.1) is 0 Å². The first kappa shape index (κ1) is 18.0. The third-order valence-electron chi connectivity index (χ3n) is 7.12. The van der Waals surface area contributed by atoms with Gasteiger partial charge in [-0.25, -0.2) is 9.98 Å². The SMILES string of the molecule is CCC(C)C1COC(c2cccc(C(C3CCCC3)C3CCCC3)n2)=N1. The van der Waals surface area contributed by atoms with Gasteiger partial charge >= 0.3 is 0 Å². The molecular weight excluding hydrogens is 320 g/mol. The summed E-state index contributed by atoms with van der Waals surface area (Å²) in [6.45, 7) is 5.20. The Morgan fingerprint density at radius 3 is 2.31 bits per heavy atom. The molecule has 0 radical (unpaired) electrons. The van der Waals surface area contributed by atoms with Gasteiger partial charge in [0, 0.05) is 11.6 Å². The average Bonchev–Trinajstić information content (AvgIpc) is 3.43. The van der Waals surface area contributed by atoms with Crippen LogP contribution in [0.4, 0.5) is 0 Å². The Morgan fingerprint density at radius 2 is 1.69 bits per heavy atom. The first-order chi connectivity index (χ1) is 12.8. The van der Waals surface area contributed by atoms with Crippen LogP contribution in [0.1, 0.15) is 88.9 Å². The van der Waals surface area contributed by atoms with E-state index >= 15 is 0 Å². The van der Waals surface area contributed by atoms with E-state index in [1.165, 1.54) is 57.1 Å². The molecule has 0 spiro atoms. The van der Waals surface area contributed by atoms with Crippen molar-refractivity contribution in [2.24, 2.45) is 22.7 Å². The fourth-order valence-corrected chi connectivity index (χ4v) is 5.35. The molecule has 0 bridgehead atoms. The number of hydrogen-bond donors (Lipinski definition) is 0. The lowest BCUT2D eigenvalue weighted by Gasteiger charge is -2.29. The maximum atomic E-state index is 5.95. The normalized spacial score (nSPS) is 25.7. The molecule has 2 aliphatic carbocycles. The van der Waals surface area contributed by atoms with E-state index in [1.807, 2.05) is 0 Å². The van der Waals surface area contributed by atoms with Gasteiger partial charge in [0.05, 0.1) is 6.04 Å². The Kier molecular flexibility index (Phi) is 5.61. The van der Waals surface area contributed by atoms with E-state index in [0.29, 0.717) is 24.5 Å². The van der Waals surface area contributed by atoms with E-state index in [1.54, 1.807) is 0 Å². The van der Waals surface area contributed by atoms with Crippen molar-refractivity contribution >= 4 is 5.90 Å². The van der Waals surface area contributed by atoms with Crippen LogP contribution in [0.15, 0.2) is 23.2 Å². The smallest absolute Gasteiger partial charge is 0.235 e. The first-order valence-corrected chi connectivity index (χ1v) is 10.9. The summed E-state index contributed by atoms with van der Waals surface area (Å²) in [7, 11) is 0. The summed E-state index contributed by atoms with van der Waals surface area (Å²) in [6, 6.07) is 6.83. The lowest BCUT2D eigenvalue weighted by Crippen LogP contribution is -2.20. The molecule has 142 valence electrons. The summed E-state index contributed by atoms with van der Waals surface area (Å²) in [5.74, 6) is 3.65. The zero-order valence-electron chi connectivity index (χ0n) is 16.5. The van der Waals surface area contributed by atoms with E-state index in [-0.39, 0.29) is 0 Å². The highest BCUT2D eigenvalue weighted by molar-refractivity contribution is 5.93. The molecule has 1 aromatic rings. The Hall–Kier alpha value is -1.38. The van der Waals surface area contributed by atoms with Crippen LogP contribution in [0.2, 0.25) is 0 Å². The number of hydrogen-bond acceptors (Lipinski definition) is 3. The molecule has 1 aliphatic heterocycles. The van der Waals surface area contributed by atoms with E-state index in [9.17, 15) is 0 Å². The Labute approximate surface area is 158 Å². The lowest BCUT2D eigenvalue weighted by atomic mass is 9.77. The second-order valence-corrected chi connectivity index (χ2v) is 8.76. The van der Waals surface area contributed by atoms with Crippen molar-refractivity contribution in [2.75, 3.05) is 6.61 Å². The van der Waals surface area contributed by atoms with Crippen LogP contribution in [-0.4, -0.2) is 23.5 Å². The third-order valence-corrected chi connectivity index (χ3v) is 7.12. The predicted molar refractivity (Wildman–Crippen MR) is 107 cm³/mol. The molecule has 3 nitrogen and oxygen atoms in total. The molecule has 2 unspecified atom stereocenters. The Balaban J connectivity index is 1.59. The zero-order chi connectivity index (χ0) is 17.9. The fourth-order valence-electron chi connectivity index (χ4n) is 5.35. The highest BCUT2D eigenvalue weighted by atomic mass is 16.5. The molecule has 0 aromatic carbocycles. The monoisotopic (exact) mass is 354 g/mol. The second-order valence-electron chi connectivity index (χ2n) is 8.76. The average molecular weight is 355 g/mol. The summed E-state index contributed by atoms with van der Waals surface area (Å²) in [4.78, 5) is 9.96. The van der Waals surface area contributed by atoms with E-state index < -0.39 is 0 Å². The summed E-state index contributed by atoms with van der Waals surface area (Å²) in [5, 5.41) is 0. The van der Waals surface area contributed by atoms with Crippen molar-refractivity contribution < 1.29 is 4.74 Å². The molecule has 3 aliphatic rings. The molecule has 0 amide bonds. The third kappa shape index (κ3) is 3.68. The molecule has 0 N–H and O–H groups in total. The number of rotatable bonds is 6. The van der Waals surface area contributed by atoms with Gasteiger partial charge in [-0.05, 0) is 55.6 Å². The molecule has 4 rings (SSSR count).